The highest BCUT2D eigenvalue weighted by atomic mass is 35.5. The maximum absolute atomic E-state index is 13.5. The molecule has 104 heavy (non-hydrogen) atoms. The van der Waals surface area contributed by atoms with Crippen molar-refractivity contribution in [3.8, 4) is 34.6 Å². The monoisotopic (exact) mass is 1540 g/mol. The summed E-state index contributed by atoms with van der Waals surface area (Å²) in [5.74, 6) is -1.39. The Morgan fingerprint density at radius 1 is 0.808 bits per heavy atom. The summed E-state index contributed by atoms with van der Waals surface area (Å²) < 4.78 is 87.4. The van der Waals surface area contributed by atoms with Gasteiger partial charge in [-0.25, -0.2) is 55.0 Å². The third kappa shape index (κ3) is 19.5. The van der Waals surface area contributed by atoms with Gasteiger partial charge in [0.1, 0.15) is 46.5 Å². The number of aryl methyl sites for hydroxylation is 5. The van der Waals surface area contributed by atoms with Crippen molar-refractivity contribution in [3.05, 3.63) is 138 Å². The Morgan fingerprint density at radius 2 is 1.47 bits per heavy atom. The summed E-state index contributed by atoms with van der Waals surface area (Å²) in [5, 5.41) is 26.4. The van der Waals surface area contributed by atoms with Crippen LogP contribution in [0.2, 0.25) is 10.0 Å². The van der Waals surface area contributed by atoms with Gasteiger partial charge < -0.3 is 38.4 Å². The predicted molar refractivity (Wildman–Crippen MR) is 389 cm³/mol. The summed E-state index contributed by atoms with van der Waals surface area (Å²) in [5.41, 5.74) is 5.05. The number of alkyl halides is 1. The van der Waals surface area contributed by atoms with Gasteiger partial charge in [0.05, 0.1) is 85.4 Å². The molecule has 0 saturated carbocycles. The molecule has 0 aliphatic carbocycles. The van der Waals surface area contributed by atoms with Crippen molar-refractivity contribution in [1.82, 2.24) is 38.8 Å². The number of amides is 2. The molecule has 3 N–H and O–H groups in total. The molecule has 35 heteroatoms. The number of ether oxygens (including phenoxy) is 6. The molecule has 4 aromatic carbocycles. The average Bonchev–Trinajstić information content (AvgIpc) is 1.59. The normalized spacial score (nSPS) is 14.8. The number of ketones is 1. The number of urea groups is 1. The lowest BCUT2D eigenvalue weighted by molar-refractivity contribution is -0.148. The van der Waals surface area contributed by atoms with Gasteiger partial charge >= 0.3 is 29.9 Å². The van der Waals surface area contributed by atoms with Gasteiger partial charge in [-0.05, 0) is 140 Å². The van der Waals surface area contributed by atoms with Crippen molar-refractivity contribution in [3.63, 3.8) is 0 Å². The van der Waals surface area contributed by atoms with Crippen molar-refractivity contribution >= 4 is 107 Å². The molecule has 1 unspecified atom stereocenters. The summed E-state index contributed by atoms with van der Waals surface area (Å²) in [6.45, 7) is 22.7. The standard InChI is InChI=1S/C23H32N2O4.C16H18Cl2N2O4.C16H17N3O5S.C14H16ClN5O5S/c1-7-16-13-15(3)14-17(8-2)18(16)19-20(26)24-9-11-28-12-10-25(24)21(19)29-22(27)23(4,5)6;1-4-23-14(21)12-9-16(3,15(22)24-5-2)20(19-12)13-7-6-10(17)8-11(13)18;1-9-10(15(20)11-8-17-19(2)16(11)21)4-5-13(25(3,22)23)14(9)12-6-7-24-18-12;1-9-16-12(19-14(17-9)24-2)18-13(21)20-26(22,23)11-6-4-3-5-10(11)25-8-7-15/h13-14H,7-12H2,1-6H3;6-8H,4-5,9H2,1-3H3;4-5,8,21H,6-7H2,1-3H3;3-6H,7-8H2,1-2H3,(H2,16,17,18,19,20,21). The Hall–Kier alpha value is -9.47. The number of nitrogens with one attached hydrogen (secondary N) is 2. The van der Waals surface area contributed by atoms with E-state index in [0.29, 0.717) is 83.3 Å². The van der Waals surface area contributed by atoms with Gasteiger partial charge in [-0.2, -0.15) is 25.2 Å². The van der Waals surface area contributed by atoms with Crippen LogP contribution in [0.5, 0.6) is 23.5 Å². The van der Waals surface area contributed by atoms with Crippen molar-refractivity contribution in [2.75, 3.05) is 69.2 Å². The molecule has 0 radical (unpaired) electrons. The molecule has 1 atom stereocenters. The van der Waals surface area contributed by atoms with Crippen LogP contribution in [0, 0.1) is 26.2 Å². The number of methoxy groups -OCH3 is 1. The minimum Gasteiger partial charge on any atom is -0.493 e. The highest BCUT2D eigenvalue weighted by Crippen LogP contribution is 2.41. The summed E-state index contributed by atoms with van der Waals surface area (Å²) in [7, 11) is -4.85. The van der Waals surface area contributed by atoms with Gasteiger partial charge in [0, 0.05) is 42.3 Å². The Labute approximate surface area is 616 Å². The number of aromatic hydroxyl groups is 1. The molecule has 0 spiro atoms. The van der Waals surface area contributed by atoms with Crippen LogP contribution in [0.1, 0.15) is 118 Å². The zero-order valence-corrected chi connectivity index (χ0v) is 63.8. The molecule has 3 aromatic heterocycles. The molecule has 560 valence electrons. The first-order valence-electron chi connectivity index (χ1n) is 32.7. The average molecular weight is 1540 g/mol. The van der Waals surface area contributed by atoms with E-state index in [1.807, 2.05) is 25.5 Å². The Balaban J connectivity index is 0.000000194. The van der Waals surface area contributed by atoms with Crippen LogP contribution in [0.15, 0.2) is 97.8 Å². The maximum atomic E-state index is 13.5. The number of fused-ring (bicyclic) bond motifs is 1. The second kappa shape index (κ2) is 35.3. The van der Waals surface area contributed by atoms with Crippen LogP contribution >= 0.6 is 34.8 Å². The van der Waals surface area contributed by atoms with E-state index in [4.69, 9.17) is 68.1 Å². The molecular weight excluding hydrogens is 1460 g/mol. The van der Waals surface area contributed by atoms with E-state index in [9.17, 15) is 50.7 Å². The molecule has 0 saturated heterocycles. The van der Waals surface area contributed by atoms with E-state index < -0.39 is 54.6 Å². The first kappa shape index (κ1) is 81.8. The number of hydrogen-bond acceptors (Lipinski definition) is 25. The number of carbonyl (C=O) groups excluding carboxylic acids is 5. The Morgan fingerprint density at radius 3 is 2.05 bits per heavy atom. The van der Waals surface area contributed by atoms with Gasteiger partial charge in [0.15, 0.2) is 21.2 Å². The van der Waals surface area contributed by atoms with Crippen LogP contribution in [-0.2, 0) is 86.3 Å². The number of sulfone groups is 1. The molecule has 10 rings (SSSR count). The fourth-order valence-corrected chi connectivity index (χ4v) is 13.5. The van der Waals surface area contributed by atoms with E-state index in [1.54, 1.807) is 68.2 Å². The third-order valence-corrected chi connectivity index (χ3v) is 19.1. The Kier molecular flexibility index (Phi) is 27.8. The minimum atomic E-state index is -4.20. The van der Waals surface area contributed by atoms with E-state index in [-0.39, 0.29) is 99.7 Å². The summed E-state index contributed by atoms with van der Waals surface area (Å²) >= 11 is 17.7. The fourth-order valence-electron chi connectivity index (χ4n) is 10.9. The second-order valence-electron chi connectivity index (χ2n) is 24.6. The lowest BCUT2D eigenvalue weighted by Crippen LogP contribution is -2.48. The number of rotatable bonds is 20. The number of oxime groups is 1. The van der Waals surface area contributed by atoms with Crippen molar-refractivity contribution < 1.29 is 79.2 Å². The van der Waals surface area contributed by atoms with Crippen LogP contribution in [0.4, 0.5) is 16.4 Å². The number of carbonyl (C=O) groups is 5. The molecule has 2 amide bonds. The van der Waals surface area contributed by atoms with Crippen LogP contribution in [0.3, 0.4) is 0 Å². The topological polar surface area (TPSA) is 374 Å². The number of benzene rings is 4. The van der Waals surface area contributed by atoms with Gasteiger partial charge in [-0.3, -0.25) is 19.7 Å². The fraction of sp³-hybridized carbons (Fsp3) is 0.420. The largest absolute Gasteiger partial charge is 0.493 e. The number of hydrogen-bond donors (Lipinski definition) is 3. The number of sulfonamides is 1. The first-order chi connectivity index (χ1) is 49.1. The first-order valence-corrected chi connectivity index (χ1v) is 37.4. The number of halogens is 3. The van der Waals surface area contributed by atoms with Crippen molar-refractivity contribution in [1.29, 1.82) is 0 Å². The van der Waals surface area contributed by atoms with Gasteiger partial charge in [-0.15, -0.1) is 11.6 Å². The summed E-state index contributed by atoms with van der Waals surface area (Å²) in [4.78, 5) is 92.1. The molecule has 3 aliphatic heterocycles. The zero-order chi connectivity index (χ0) is 76.8. The summed E-state index contributed by atoms with van der Waals surface area (Å²) in [6.07, 6.45) is 4.49. The SMILES string of the molecule is CCOC(=O)C1=NN(c2ccc(Cl)cc2Cl)C(C)(C(=O)OCC)C1.CCc1cc(C)cc(CC)c1-c1c(OC(=O)C(C)(C)C)n2n(c1=O)CCOCC2.COc1nc(C)nc(NC(=O)NS(=O)(=O)c2ccccc2OCCCl)n1.Cc1c(C(=O)c2cnn(C)c2O)ccc(S(C)(=O)=O)c1C1=NOCC1. The molecule has 30 nitrogen and oxygen atoms in total. The number of anilines is 2. The van der Waals surface area contributed by atoms with E-state index >= 15 is 0 Å². The van der Waals surface area contributed by atoms with E-state index in [0.717, 1.165) is 35.8 Å². The molecule has 7 aromatic rings. The summed E-state index contributed by atoms with van der Waals surface area (Å²) in [6, 6.07) is 16.7. The zero-order valence-electron chi connectivity index (χ0n) is 59.9. The Bertz CT molecular complexity index is 4720. The molecule has 0 bridgehead atoms. The van der Waals surface area contributed by atoms with E-state index in [2.05, 4.69) is 68.5 Å². The van der Waals surface area contributed by atoms with Gasteiger partial charge in [0.2, 0.25) is 17.7 Å². The van der Waals surface area contributed by atoms with Crippen molar-refractivity contribution in [2.24, 2.45) is 22.7 Å². The molecule has 0 fully saturated rings. The lowest BCUT2D eigenvalue weighted by atomic mass is 9.91. The highest BCUT2D eigenvalue weighted by molar-refractivity contribution is 7.91. The number of esters is 3. The van der Waals surface area contributed by atoms with Crippen molar-refractivity contribution in [2.45, 2.75) is 130 Å². The van der Waals surface area contributed by atoms with E-state index in [1.165, 1.54) is 65.9 Å². The number of nitrogens with zero attached hydrogens (tertiary/aromatic N) is 10. The number of aromatic nitrogens is 7. The van der Waals surface area contributed by atoms with Crippen LogP contribution in [0.25, 0.3) is 11.1 Å². The molecular formula is C69H83Cl3N12O18S2. The van der Waals surface area contributed by atoms with Gasteiger partial charge in [-0.1, -0.05) is 72.0 Å². The smallest absolute Gasteiger partial charge is 0.354 e. The van der Waals surface area contributed by atoms with Gasteiger partial charge in [0.25, 0.3) is 15.6 Å². The maximum Gasteiger partial charge on any atom is 0.354 e. The molecule has 3 aliphatic rings. The highest BCUT2D eigenvalue weighted by Gasteiger charge is 2.50. The quantitative estimate of drug-likeness (QED) is 0.0363. The van der Waals surface area contributed by atoms with Crippen LogP contribution in [-0.4, -0.2) is 162 Å². The predicted octanol–water partition coefficient (Wildman–Crippen LogP) is 9.69. The molecule has 6 heterocycles. The second-order valence-corrected chi connectivity index (χ2v) is 29.4. The third-order valence-electron chi connectivity index (χ3n) is 15.9. The van der Waals surface area contributed by atoms with Crippen LogP contribution < -0.4 is 34.8 Å². The minimum absolute atomic E-state index is 0.0181. The lowest BCUT2D eigenvalue weighted by Gasteiger charge is -2.32. The number of hydrazone groups is 1. The number of para-hydroxylation sites is 1.